The number of hydrazone groups is 1. The highest BCUT2D eigenvalue weighted by Crippen LogP contribution is 2.30. The van der Waals surface area contributed by atoms with Crippen LogP contribution in [-0.4, -0.2) is 16.7 Å². The van der Waals surface area contributed by atoms with Gasteiger partial charge in [-0.25, -0.2) is 0 Å². The van der Waals surface area contributed by atoms with Gasteiger partial charge in [-0.1, -0.05) is 36.4 Å². The zero-order valence-corrected chi connectivity index (χ0v) is 15.0. The Morgan fingerprint density at radius 2 is 1.86 bits per heavy atom. The van der Waals surface area contributed by atoms with E-state index in [0.29, 0.717) is 5.56 Å². The number of nitrogens with two attached hydrogens (primary N) is 1. The predicted molar refractivity (Wildman–Crippen MR) is 102 cm³/mol. The van der Waals surface area contributed by atoms with E-state index < -0.39 is 23.6 Å². The number of halogens is 3. The molecule has 0 aromatic heterocycles. The van der Waals surface area contributed by atoms with E-state index >= 15 is 0 Å². The zero-order valence-electron chi connectivity index (χ0n) is 14.2. The van der Waals surface area contributed by atoms with Crippen LogP contribution in [0.2, 0.25) is 0 Å². The molecule has 4 N–H and O–H groups in total. The molecule has 0 saturated carbocycles. The van der Waals surface area contributed by atoms with Crippen LogP contribution in [0, 0.1) is 11.3 Å². The predicted octanol–water partition coefficient (Wildman–Crippen LogP) is 3.14. The van der Waals surface area contributed by atoms with E-state index in [1.54, 1.807) is 30.3 Å². The van der Waals surface area contributed by atoms with Crippen molar-refractivity contribution in [2.45, 2.75) is 12.1 Å². The average molecular weight is 405 g/mol. The van der Waals surface area contributed by atoms with Gasteiger partial charge in [0, 0.05) is 5.69 Å². The summed E-state index contributed by atoms with van der Waals surface area (Å²) in [5, 5.41) is 15.4. The molecule has 6 nitrogen and oxygen atoms in total. The van der Waals surface area contributed by atoms with Crippen LogP contribution in [0.4, 0.5) is 18.9 Å². The van der Waals surface area contributed by atoms with Gasteiger partial charge in [0.15, 0.2) is 5.11 Å². The molecule has 0 aliphatic carbocycles. The second kappa shape index (κ2) is 8.96. The maximum absolute atomic E-state index is 12.9. The molecular formula is C18H14F3N5OS. The number of amides is 1. The first-order valence-electron chi connectivity index (χ1n) is 7.78. The summed E-state index contributed by atoms with van der Waals surface area (Å²) in [5.41, 5.74) is 6.68. The van der Waals surface area contributed by atoms with E-state index in [1.165, 1.54) is 6.07 Å². The molecule has 0 fully saturated rings. The van der Waals surface area contributed by atoms with Gasteiger partial charge in [-0.05, 0) is 36.0 Å². The molecule has 2 aromatic carbocycles. The number of benzene rings is 2. The van der Waals surface area contributed by atoms with Gasteiger partial charge in [0.1, 0.15) is 11.6 Å². The Kier molecular flexibility index (Phi) is 6.68. The summed E-state index contributed by atoms with van der Waals surface area (Å²) in [6, 6.07) is 14.3. The number of thiocarbonyl (C=S) groups is 1. The highest BCUT2D eigenvalue weighted by molar-refractivity contribution is 7.80. The third-order valence-corrected chi connectivity index (χ3v) is 3.59. The van der Waals surface area contributed by atoms with Gasteiger partial charge >= 0.3 is 6.18 Å². The number of anilines is 1. The van der Waals surface area contributed by atoms with Crippen molar-refractivity contribution in [3.63, 3.8) is 0 Å². The molecule has 1 amide bonds. The number of carbonyl (C=O) groups excluding carboxylic acids is 1. The molecule has 0 spiro atoms. The Morgan fingerprint density at radius 3 is 2.43 bits per heavy atom. The number of carbonyl (C=O) groups is 1. The first-order valence-corrected chi connectivity index (χ1v) is 8.19. The van der Waals surface area contributed by atoms with Crippen molar-refractivity contribution in [1.82, 2.24) is 5.43 Å². The van der Waals surface area contributed by atoms with Crippen molar-refractivity contribution in [1.29, 1.82) is 5.26 Å². The summed E-state index contributed by atoms with van der Waals surface area (Å²) in [5.74, 6) is -1.98. The second-order valence-electron chi connectivity index (χ2n) is 5.48. The highest BCUT2D eigenvalue weighted by atomic mass is 32.1. The van der Waals surface area contributed by atoms with Gasteiger partial charge in [-0.15, -0.1) is 0 Å². The SMILES string of the molecule is N#C[C@@H](/C(=N\NC(N)=S)C(=O)Nc1cccc(C(F)(F)F)c1)c1ccccc1. The van der Waals surface area contributed by atoms with Crippen molar-refractivity contribution in [3.05, 3.63) is 65.7 Å². The number of rotatable bonds is 5. The second-order valence-corrected chi connectivity index (χ2v) is 5.92. The first-order chi connectivity index (χ1) is 13.2. The van der Waals surface area contributed by atoms with Gasteiger partial charge in [-0.2, -0.15) is 23.5 Å². The van der Waals surface area contributed by atoms with Crippen LogP contribution in [0.25, 0.3) is 0 Å². The van der Waals surface area contributed by atoms with Gasteiger partial charge in [-0.3, -0.25) is 10.2 Å². The Balaban J connectivity index is 2.36. The quantitative estimate of drug-likeness (QED) is 0.403. The molecule has 0 saturated heterocycles. The Labute approximate surface area is 163 Å². The third kappa shape index (κ3) is 5.52. The largest absolute Gasteiger partial charge is 0.416 e. The summed E-state index contributed by atoms with van der Waals surface area (Å²) < 4.78 is 38.6. The Bertz CT molecular complexity index is 938. The molecule has 0 heterocycles. The molecule has 28 heavy (non-hydrogen) atoms. The standard InChI is InChI=1S/C18H14F3N5OS/c19-18(20,21)12-7-4-8-13(9-12)24-16(27)15(25-26-17(23)28)14(10-22)11-5-2-1-3-6-11/h1-9,14H,(H,24,27)(H3,23,26,28)/b25-15+/t14-/m1/s1. The monoisotopic (exact) mass is 405 g/mol. The van der Waals surface area contributed by atoms with Crippen LogP contribution in [0.5, 0.6) is 0 Å². The van der Waals surface area contributed by atoms with Gasteiger partial charge in [0.25, 0.3) is 5.91 Å². The van der Waals surface area contributed by atoms with E-state index in [2.05, 4.69) is 28.1 Å². The van der Waals surface area contributed by atoms with Crippen LogP contribution in [-0.2, 0) is 11.0 Å². The number of nitriles is 1. The van der Waals surface area contributed by atoms with E-state index in [9.17, 15) is 23.2 Å². The molecule has 0 bridgehead atoms. The fourth-order valence-corrected chi connectivity index (χ4v) is 2.31. The maximum Gasteiger partial charge on any atom is 0.416 e. The number of nitrogens with one attached hydrogen (secondary N) is 2. The summed E-state index contributed by atoms with van der Waals surface area (Å²) in [6.07, 6.45) is -4.57. The summed E-state index contributed by atoms with van der Waals surface area (Å²) in [4.78, 5) is 12.7. The summed E-state index contributed by atoms with van der Waals surface area (Å²) in [6.45, 7) is 0. The van der Waals surface area contributed by atoms with Gasteiger partial charge in [0.2, 0.25) is 0 Å². The topological polar surface area (TPSA) is 103 Å². The smallest absolute Gasteiger partial charge is 0.375 e. The van der Waals surface area contributed by atoms with E-state index in [4.69, 9.17) is 5.73 Å². The molecule has 10 heteroatoms. The fourth-order valence-electron chi connectivity index (χ4n) is 2.27. The molecular weight excluding hydrogens is 391 g/mol. The lowest BCUT2D eigenvalue weighted by atomic mass is 9.95. The normalized spacial score (nSPS) is 12.6. The van der Waals surface area contributed by atoms with Gasteiger partial charge in [0.05, 0.1) is 11.6 Å². The third-order valence-electron chi connectivity index (χ3n) is 3.50. The molecule has 0 aliphatic rings. The fraction of sp³-hybridized carbons (Fsp3) is 0.111. The highest BCUT2D eigenvalue weighted by Gasteiger charge is 2.31. The zero-order chi connectivity index (χ0) is 20.7. The maximum atomic E-state index is 12.9. The molecule has 0 unspecified atom stereocenters. The van der Waals surface area contributed by atoms with Crippen molar-refractivity contribution < 1.29 is 18.0 Å². The van der Waals surface area contributed by atoms with Crippen molar-refractivity contribution in [2.75, 3.05) is 5.32 Å². The van der Waals surface area contributed by atoms with Crippen LogP contribution >= 0.6 is 12.2 Å². The number of nitrogens with zero attached hydrogens (tertiary/aromatic N) is 2. The lowest BCUT2D eigenvalue weighted by Gasteiger charge is -2.14. The molecule has 1 atom stereocenters. The van der Waals surface area contributed by atoms with Crippen LogP contribution < -0.4 is 16.5 Å². The molecule has 2 rings (SSSR count). The number of hydrogen-bond donors (Lipinski definition) is 3. The summed E-state index contributed by atoms with van der Waals surface area (Å²) >= 11 is 4.65. The lowest BCUT2D eigenvalue weighted by Crippen LogP contribution is -2.33. The van der Waals surface area contributed by atoms with E-state index in [0.717, 1.165) is 18.2 Å². The van der Waals surface area contributed by atoms with Crippen molar-refractivity contribution in [2.24, 2.45) is 10.8 Å². The Morgan fingerprint density at radius 1 is 1.18 bits per heavy atom. The molecule has 144 valence electrons. The average Bonchev–Trinajstić information content (AvgIpc) is 2.65. The number of hydrogen-bond acceptors (Lipinski definition) is 4. The van der Waals surface area contributed by atoms with E-state index in [1.807, 2.05) is 6.07 Å². The van der Waals surface area contributed by atoms with Crippen LogP contribution in [0.15, 0.2) is 59.7 Å². The molecule has 0 aliphatic heterocycles. The van der Waals surface area contributed by atoms with Crippen molar-refractivity contribution >= 4 is 34.6 Å². The molecule has 0 radical (unpaired) electrons. The summed E-state index contributed by atoms with van der Waals surface area (Å²) in [7, 11) is 0. The minimum Gasteiger partial charge on any atom is -0.375 e. The van der Waals surface area contributed by atoms with E-state index in [-0.39, 0.29) is 16.5 Å². The minimum atomic E-state index is -4.57. The van der Waals surface area contributed by atoms with Crippen LogP contribution in [0.1, 0.15) is 17.0 Å². The van der Waals surface area contributed by atoms with Gasteiger partial charge < -0.3 is 11.1 Å². The molecule has 2 aromatic rings. The van der Waals surface area contributed by atoms with Crippen LogP contribution in [0.3, 0.4) is 0 Å². The number of alkyl halides is 3. The minimum absolute atomic E-state index is 0.104. The first kappa shape index (κ1) is 20.9. The Hall–Kier alpha value is -3.45. The lowest BCUT2D eigenvalue weighted by molar-refractivity contribution is -0.137. The van der Waals surface area contributed by atoms with Crippen molar-refractivity contribution in [3.8, 4) is 6.07 Å².